The average molecular weight is 489 g/mol. The number of nitrogens with zero attached hydrogens (tertiary/aromatic N) is 4. The second-order valence-corrected chi connectivity index (χ2v) is 11.4. The Labute approximate surface area is 207 Å². The molecule has 3 heterocycles. The highest BCUT2D eigenvalue weighted by Gasteiger charge is 2.16. The van der Waals surface area contributed by atoms with Crippen LogP contribution in [0.4, 0.5) is 0 Å². The van der Waals surface area contributed by atoms with Crippen molar-refractivity contribution >= 4 is 20.9 Å². The Balaban J connectivity index is 1.35. The van der Waals surface area contributed by atoms with E-state index in [9.17, 15) is 8.42 Å². The van der Waals surface area contributed by atoms with Gasteiger partial charge in [-0.15, -0.1) is 0 Å². The van der Waals surface area contributed by atoms with Crippen LogP contribution in [0.1, 0.15) is 12.5 Å². The van der Waals surface area contributed by atoms with Crippen molar-refractivity contribution in [3.8, 4) is 22.4 Å². The predicted octanol–water partition coefficient (Wildman–Crippen LogP) is 4.45. The van der Waals surface area contributed by atoms with Crippen LogP contribution in [-0.4, -0.2) is 66.7 Å². The van der Waals surface area contributed by atoms with E-state index in [1.165, 1.54) is 11.8 Å². The third kappa shape index (κ3) is 5.03. The van der Waals surface area contributed by atoms with Gasteiger partial charge in [0.2, 0.25) is 0 Å². The van der Waals surface area contributed by atoms with E-state index in [-0.39, 0.29) is 0 Å². The number of aromatic nitrogens is 2. The van der Waals surface area contributed by atoms with Crippen molar-refractivity contribution in [3.05, 3.63) is 72.4 Å². The van der Waals surface area contributed by atoms with E-state index in [2.05, 4.69) is 57.7 Å². The van der Waals surface area contributed by atoms with Crippen LogP contribution in [-0.2, 0) is 23.4 Å². The van der Waals surface area contributed by atoms with Gasteiger partial charge in [-0.25, -0.2) is 8.42 Å². The number of hydrogen-bond acceptors (Lipinski definition) is 5. The fraction of sp³-hybridized carbons (Fsp3) is 0.321. The summed E-state index contributed by atoms with van der Waals surface area (Å²) >= 11 is 0. The smallest absolute Gasteiger partial charge is 0.175 e. The SMILES string of the molecule is CCN1CCN(Cc2ccc(-c3cnc4cc(-c5ccc(S(C)(=O)=O)cc5)n(C)c4c3)cc2)CC1. The largest absolute Gasteiger partial charge is 0.342 e. The van der Waals surface area contributed by atoms with E-state index < -0.39 is 9.84 Å². The molecule has 0 atom stereocenters. The Morgan fingerprint density at radius 1 is 0.829 bits per heavy atom. The Bertz CT molecular complexity index is 1430. The van der Waals surface area contributed by atoms with Gasteiger partial charge in [0.05, 0.1) is 21.6 Å². The van der Waals surface area contributed by atoms with Crippen LogP contribution in [0.15, 0.2) is 71.8 Å². The molecule has 1 aliphatic rings. The van der Waals surface area contributed by atoms with Crippen molar-refractivity contribution in [3.63, 3.8) is 0 Å². The molecular weight excluding hydrogens is 456 g/mol. The highest BCUT2D eigenvalue weighted by atomic mass is 32.2. The molecule has 0 saturated carbocycles. The standard InChI is InChI=1S/C28H32N4O2S/c1-4-31-13-15-32(16-14-31)20-21-5-7-22(8-6-21)24-17-28-26(29-19-24)18-27(30(28)2)23-9-11-25(12-10-23)35(3,33)34/h5-12,17-19H,4,13-16,20H2,1-3H3. The lowest BCUT2D eigenvalue weighted by Gasteiger charge is -2.34. The minimum absolute atomic E-state index is 0.326. The maximum atomic E-state index is 11.8. The number of pyridine rings is 1. The van der Waals surface area contributed by atoms with E-state index in [4.69, 9.17) is 4.98 Å². The summed E-state index contributed by atoms with van der Waals surface area (Å²) in [6.45, 7) is 8.93. The number of hydrogen-bond donors (Lipinski definition) is 0. The molecule has 0 radical (unpaired) electrons. The predicted molar refractivity (Wildman–Crippen MR) is 142 cm³/mol. The zero-order valence-electron chi connectivity index (χ0n) is 20.6. The van der Waals surface area contributed by atoms with E-state index in [1.807, 2.05) is 25.4 Å². The first-order chi connectivity index (χ1) is 16.8. The molecule has 0 aliphatic carbocycles. The summed E-state index contributed by atoms with van der Waals surface area (Å²) in [6.07, 6.45) is 3.15. The summed E-state index contributed by atoms with van der Waals surface area (Å²) in [4.78, 5) is 10.1. The molecule has 0 amide bonds. The lowest BCUT2D eigenvalue weighted by Crippen LogP contribution is -2.45. The Hall–Kier alpha value is -3.00. The number of aryl methyl sites for hydroxylation is 1. The molecule has 182 valence electrons. The van der Waals surface area contributed by atoms with Crippen molar-refractivity contribution in [2.75, 3.05) is 39.0 Å². The Morgan fingerprint density at radius 3 is 2.09 bits per heavy atom. The van der Waals surface area contributed by atoms with Crippen LogP contribution in [0.5, 0.6) is 0 Å². The molecule has 7 heteroatoms. The van der Waals surface area contributed by atoms with E-state index in [0.29, 0.717) is 4.90 Å². The van der Waals surface area contributed by atoms with Gasteiger partial charge in [0, 0.05) is 57.8 Å². The zero-order valence-corrected chi connectivity index (χ0v) is 21.4. The maximum Gasteiger partial charge on any atom is 0.175 e. The van der Waals surface area contributed by atoms with Gasteiger partial charge < -0.3 is 9.47 Å². The van der Waals surface area contributed by atoms with Gasteiger partial charge in [-0.05, 0) is 47.5 Å². The first-order valence-electron chi connectivity index (χ1n) is 12.1. The topological polar surface area (TPSA) is 58.4 Å². The van der Waals surface area contributed by atoms with Gasteiger partial charge in [-0.3, -0.25) is 9.88 Å². The molecule has 0 spiro atoms. The molecule has 1 aliphatic heterocycles. The monoisotopic (exact) mass is 488 g/mol. The second-order valence-electron chi connectivity index (χ2n) is 9.42. The highest BCUT2D eigenvalue weighted by molar-refractivity contribution is 7.90. The van der Waals surface area contributed by atoms with Gasteiger partial charge in [0.1, 0.15) is 0 Å². The minimum Gasteiger partial charge on any atom is -0.342 e. The molecule has 0 N–H and O–H groups in total. The van der Waals surface area contributed by atoms with Crippen LogP contribution in [0.2, 0.25) is 0 Å². The fourth-order valence-electron chi connectivity index (χ4n) is 4.83. The third-order valence-electron chi connectivity index (χ3n) is 7.08. The summed E-state index contributed by atoms with van der Waals surface area (Å²) in [7, 11) is -1.19. The lowest BCUT2D eigenvalue weighted by atomic mass is 10.0. The van der Waals surface area contributed by atoms with Crippen molar-refractivity contribution < 1.29 is 8.42 Å². The van der Waals surface area contributed by atoms with Crippen molar-refractivity contribution in [1.29, 1.82) is 0 Å². The van der Waals surface area contributed by atoms with E-state index in [0.717, 1.165) is 72.7 Å². The first-order valence-corrected chi connectivity index (χ1v) is 14.0. The summed E-state index contributed by atoms with van der Waals surface area (Å²) in [6, 6.07) is 20.1. The second kappa shape index (κ2) is 9.57. The molecule has 2 aromatic heterocycles. The van der Waals surface area contributed by atoms with E-state index in [1.54, 1.807) is 12.1 Å². The summed E-state index contributed by atoms with van der Waals surface area (Å²) < 4.78 is 25.7. The van der Waals surface area contributed by atoms with E-state index >= 15 is 0 Å². The van der Waals surface area contributed by atoms with Gasteiger partial charge in [-0.1, -0.05) is 43.3 Å². The average Bonchev–Trinajstić information content (AvgIpc) is 3.20. The van der Waals surface area contributed by atoms with Crippen LogP contribution < -0.4 is 0 Å². The molecule has 1 fully saturated rings. The molecular formula is C28H32N4O2S. The normalized spacial score (nSPS) is 15.6. The van der Waals surface area contributed by atoms with Gasteiger partial charge in [0.15, 0.2) is 9.84 Å². The maximum absolute atomic E-state index is 11.8. The summed E-state index contributed by atoms with van der Waals surface area (Å²) in [5.41, 5.74) is 7.50. The highest BCUT2D eigenvalue weighted by Crippen LogP contribution is 2.30. The van der Waals surface area contributed by atoms with Gasteiger partial charge in [-0.2, -0.15) is 0 Å². The third-order valence-corrected chi connectivity index (χ3v) is 8.21. The van der Waals surface area contributed by atoms with Crippen LogP contribution >= 0.6 is 0 Å². The molecule has 2 aromatic carbocycles. The zero-order chi connectivity index (χ0) is 24.6. The number of sulfone groups is 1. The quantitative estimate of drug-likeness (QED) is 0.401. The van der Waals surface area contributed by atoms with Crippen molar-refractivity contribution in [2.45, 2.75) is 18.4 Å². The lowest BCUT2D eigenvalue weighted by molar-refractivity contribution is 0.132. The van der Waals surface area contributed by atoms with Crippen LogP contribution in [0.3, 0.4) is 0 Å². The van der Waals surface area contributed by atoms with Crippen LogP contribution in [0.25, 0.3) is 33.4 Å². The Morgan fingerprint density at radius 2 is 1.46 bits per heavy atom. The minimum atomic E-state index is -3.21. The number of piperazine rings is 1. The molecule has 35 heavy (non-hydrogen) atoms. The number of benzene rings is 2. The van der Waals surface area contributed by atoms with Gasteiger partial charge in [0.25, 0.3) is 0 Å². The molecule has 1 saturated heterocycles. The summed E-state index contributed by atoms with van der Waals surface area (Å²) in [5, 5.41) is 0. The van der Waals surface area contributed by atoms with Crippen molar-refractivity contribution in [2.24, 2.45) is 7.05 Å². The fourth-order valence-corrected chi connectivity index (χ4v) is 5.46. The summed E-state index contributed by atoms with van der Waals surface area (Å²) in [5.74, 6) is 0. The van der Waals surface area contributed by atoms with Gasteiger partial charge >= 0.3 is 0 Å². The van der Waals surface area contributed by atoms with Crippen LogP contribution in [0, 0.1) is 0 Å². The first kappa shape index (κ1) is 23.7. The Kier molecular flexibility index (Phi) is 6.49. The molecule has 0 unspecified atom stereocenters. The molecule has 4 aromatic rings. The van der Waals surface area contributed by atoms with Crippen molar-refractivity contribution in [1.82, 2.24) is 19.4 Å². The number of rotatable bonds is 6. The molecule has 0 bridgehead atoms. The molecule has 6 nitrogen and oxygen atoms in total. The number of fused-ring (bicyclic) bond motifs is 1. The molecule has 5 rings (SSSR count). The number of likely N-dealkylation sites (N-methyl/N-ethyl adjacent to an activating group) is 1.